The molecule has 0 bridgehead atoms. The molecule has 0 amide bonds. The second-order valence-corrected chi connectivity index (χ2v) is 6.60. The van der Waals surface area contributed by atoms with E-state index in [9.17, 15) is 18.3 Å². The lowest BCUT2D eigenvalue weighted by Gasteiger charge is -2.33. The van der Waals surface area contributed by atoms with Crippen LogP contribution in [0.5, 0.6) is 0 Å². The van der Waals surface area contributed by atoms with Gasteiger partial charge in [-0.25, -0.2) is 9.99 Å². The predicted molar refractivity (Wildman–Crippen MR) is 99.8 cm³/mol. The zero-order valence-electron chi connectivity index (χ0n) is 14.8. The highest BCUT2D eigenvalue weighted by atomic mass is 19.4. The summed E-state index contributed by atoms with van der Waals surface area (Å²) in [5.74, 6) is -0.423. The fourth-order valence-corrected chi connectivity index (χ4v) is 3.32. The third-order valence-corrected chi connectivity index (χ3v) is 4.61. The molecule has 0 saturated carbocycles. The number of aromatic nitrogens is 2. The molecular formula is C19H16F3N5O. The van der Waals surface area contributed by atoms with Crippen molar-refractivity contribution in [1.29, 1.82) is 0 Å². The van der Waals surface area contributed by atoms with Crippen LogP contribution in [-0.2, 0) is 0 Å². The minimum Gasteiger partial charge on any atom is -0.368 e. The van der Waals surface area contributed by atoms with Crippen LogP contribution in [0.3, 0.4) is 0 Å². The SMILES string of the molecule is Cc1cc(N2N=C(c3cccc4ccccc34)C[C@@]2(O)C(F)(F)F)nc(N)n1. The van der Waals surface area contributed by atoms with E-state index in [1.807, 2.05) is 18.2 Å². The Morgan fingerprint density at radius 3 is 2.54 bits per heavy atom. The van der Waals surface area contributed by atoms with Crippen LogP contribution in [0.4, 0.5) is 24.9 Å². The van der Waals surface area contributed by atoms with Crippen molar-refractivity contribution >= 4 is 28.3 Å². The summed E-state index contributed by atoms with van der Waals surface area (Å²) < 4.78 is 41.5. The molecule has 1 aliphatic heterocycles. The molecule has 0 aliphatic carbocycles. The highest BCUT2D eigenvalue weighted by Crippen LogP contribution is 2.43. The number of aryl methyl sites for hydroxylation is 1. The number of fused-ring (bicyclic) bond motifs is 1. The molecule has 6 nitrogen and oxygen atoms in total. The van der Waals surface area contributed by atoms with Gasteiger partial charge in [0.25, 0.3) is 5.72 Å². The Labute approximate surface area is 158 Å². The molecule has 0 saturated heterocycles. The monoisotopic (exact) mass is 387 g/mol. The number of nitrogens with two attached hydrogens (primary N) is 1. The Morgan fingerprint density at radius 2 is 1.82 bits per heavy atom. The van der Waals surface area contributed by atoms with Crippen molar-refractivity contribution in [2.24, 2.45) is 5.10 Å². The van der Waals surface area contributed by atoms with Crippen molar-refractivity contribution in [2.75, 3.05) is 10.7 Å². The minimum absolute atomic E-state index is 0.103. The van der Waals surface area contributed by atoms with Gasteiger partial charge in [0.15, 0.2) is 5.82 Å². The number of hydrogen-bond donors (Lipinski definition) is 2. The first-order chi connectivity index (χ1) is 13.2. The number of hydrogen-bond acceptors (Lipinski definition) is 6. The van der Waals surface area contributed by atoms with E-state index in [0.29, 0.717) is 16.3 Å². The fraction of sp³-hybridized carbons (Fsp3) is 0.211. The van der Waals surface area contributed by atoms with E-state index in [1.54, 1.807) is 31.2 Å². The Balaban J connectivity index is 1.90. The smallest absolute Gasteiger partial charge is 0.368 e. The number of benzene rings is 2. The molecule has 3 aromatic rings. The van der Waals surface area contributed by atoms with Gasteiger partial charge in [0.1, 0.15) is 0 Å². The van der Waals surface area contributed by atoms with Crippen LogP contribution >= 0.6 is 0 Å². The van der Waals surface area contributed by atoms with Gasteiger partial charge in [-0.2, -0.15) is 23.3 Å². The molecule has 1 aromatic heterocycles. The number of nitrogen functional groups attached to an aromatic ring is 1. The van der Waals surface area contributed by atoms with E-state index in [2.05, 4.69) is 15.1 Å². The van der Waals surface area contributed by atoms with Crippen molar-refractivity contribution in [3.8, 4) is 0 Å². The van der Waals surface area contributed by atoms with Crippen LogP contribution in [0.25, 0.3) is 10.8 Å². The predicted octanol–water partition coefficient (Wildman–Crippen LogP) is 3.39. The molecule has 0 unspecified atom stereocenters. The molecule has 1 aliphatic rings. The Bertz CT molecular complexity index is 1070. The Morgan fingerprint density at radius 1 is 1.11 bits per heavy atom. The number of halogens is 3. The summed E-state index contributed by atoms with van der Waals surface area (Å²) in [6.45, 7) is 1.57. The Hall–Kier alpha value is -3.20. The van der Waals surface area contributed by atoms with Gasteiger partial charge in [-0.15, -0.1) is 0 Å². The molecule has 0 radical (unpaired) electrons. The number of nitrogens with zero attached hydrogens (tertiary/aromatic N) is 4. The largest absolute Gasteiger partial charge is 0.438 e. The van der Waals surface area contributed by atoms with Gasteiger partial charge in [-0.1, -0.05) is 42.5 Å². The first-order valence-electron chi connectivity index (χ1n) is 8.45. The summed E-state index contributed by atoms with van der Waals surface area (Å²) >= 11 is 0. The van der Waals surface area contributed by atoms with Gasteiger partial charge in [-0.05, 0) is 17.7 Å². The van der Waals surface area contributed by atoms with Gasteiger partial charge in [0.05, 0.1) is 12.1 Å². The second kappa shape index (κ2) is 6.16. The van der Waals surface area contributed by atoms with E-state index >= 15 is 0 Å². The standard InChI is InChI=1S/C19H16F3N5O/c1-11-9-16(25-17(23)24-11)27-18(28,19(20,21)22)10-15(26-27)14-8-4-6-12-5-2-3-7-13(12)14/h2-9,28H,10H2,1H3,(H2,23,24,25)/t18-/m1/s1. The summed E-state index contributed by atoms with van der Waals surface area (Å²) in [5.41, 5.74) is 3.32. The first-order valence-corrected chi connectivity index (χ1v) is 8.45. The van der Waals surface area contributed by atoms with Crippen LogP contribution in [0.1, 0.15) is 17.7 Å². The number of alkyl halides is 3. The summed E-state index contributed by atoms with van der Waals surface area (Å²) in [5, 5.41) is 16.8. The molecule has 0 fully saturated rings. The van der Waals surface area contributed by atoms with Gasteiger partial charge in [0.2, 0.25) is 5.95 Å². The van der Waals surface area contributed by atoms with E-state index in [1.165, 1.54) is 6.07 Å². The quantitative estimate of drug-likeness (QED) is 0.704. The van der Waals surface area contributed by atoms with Gasteiger partial charge in [0, 0.05) is 17.3 Å². The zero-order valence-corrected chi connectivity index (χ0v) is 14.8. The molecule has 0 spiro atoms. The maximum Gasteiger partial charge on any atom is 0.438 e. The lowest BCUT2D eigenvalue weighted by molar-refractivity contribution is -0.254. The van der Waals surface area contributed by atoms with Crippen LogP contribution in [0, 0.1) is 6.92 Å². The van der Waals surface area contributed by atoms with Crippen LogP contribution in [0.15, 0.2) is 53.6 Å². The Kier molecular flexibility index (Phi) is 4.00. The summed E-state index contributed by atoms with van der Waals surface area (Å²) in [4.78, 5) is 7.70. The molecule has 2 heterocycles. The lowest BCUT2D eigenvalue weighted by atomic mass is 9.96. The van der Waals surface area contributed by atoms with Crippen molar-refractivity contribution in [3.05, 3.63) is 59.8 Å². The first kappa shape index (κ1) is 18.2. The van der Waals surface area contributed by atoms with Gasteiger partial charge >= 0.3 is 6.18 Å². The molecule has 9 heteroatoms. The summed E-state index contributed by atoms with van der Waals surface area (Å²) in [6.07, 6.45) is -5.72. The average molecular weight is 387 g/mol. The highest BCUT2D eigenvalue weighted by Gasteiger charge is 2.62. The molecule has 28 heavy (non-hydrogen) atoms. The van der Waals surface area contributed by atoms with E-state index in [0.717, 1.165) is 10.8 Å². The maximum absolute atomic E-state index is 13.8. The molecule has 1 atom stereocenters. The number of hydrazone groups is 1. The van der Waals surface area contributed by atoms with Crippen molar-refractivity contribution in [2.45, 2.75) is 25.2 Å². The third-order valence-electron chi connectivity index (χ3n) is 4.61. The minimum atomic E-state index is -4.98. The third kappa shape index (κ3) is 2.84. The number of rotatable bonds is 2. The second-order valence-electron chi connectivity index (χ2n) is 6.60. The van der Waals surface area contributed by atoms with Gasteiger partial charge in [-0.3, -0.25) is 0 Å². The van der Waals surface area contributed by atoms with E-state index < -0.39 is 18.3 Å². The van der Waals surface area contributed by atoms with Crippen LogP contribution < -0.4 is 10.7 Å². The average Bonchev–Trinajstić information content (AvgIpc) is 2.99. The molecular weight excluding hydrogens is 371 g/mol. The highest BCUT2D eigenvalue weighted by molar-refractivity contribution is 6.12. The normalized spacial score (nSPS) is 19.9. The van der Waals surface area contributed by atoms with Crippen molar-refractivity contribution in [3.63, 3.8) is 0 Å². The van der Waals surface area contributed by atoms with Gasteiger partial charge < -0.3 is 10.8 Å². The zero-order chi connectivity index (χ0) is 20.1. The number of anilines is 2. The summed E-state index contributed by atoms with van der Waals surface area (Å²) in [6, 6.07) is 13.9. The molecule has 2 aromatic carbocycles. The topological polar surface area (TPSA) is 87.6 Å². The van der Waals surface area contributed by atoms with Crippen LogP contribution in [0.2, 0.25) is 0 Å². The van der Waals surface area contributed by atoms with E-state index in [-0.39, 0.29) is 17.5 Å². The fourth-order valence-electron chi connectivity index (χ4n) is 3.32. The molecule has 4 rings (SSSR count). The molecule has 144 valence electrons. The summed E-state index contributed by atoms with van der Waals surface area (Å²) in [7, 11) is 0. The number of aliphatic hydroxyl groups is 1. The van der Waals surface area contributed by atoms with Crippen molar-refractivity contribution in [1.82, 2.24) is 9.97 Å². The van der Waals surface area contributed by atoms with E-state index in [4.69, 9.17) is 5.73 Å². The van der Waals surface area contributed by atoms with Crippen LogP contribution in [-0.4, -0.2) is 32.7 Å². The van der Waals surface area contributed by atoms with Crippen molar-refractivity contribution < 1.29 is 18.3 Å². The lowest BCUT2D eigenvalue weighted by Crippen LogP contribution is -2.55. The molecule has 3 N–H and O–H groups in total. The maximum atomic E-state index is 13.8.